The number of hydrogen-bond acceptors (Lipinski definition) is 5. The van der Waals surface area contributed by atoms with Crippen molar-refractivity contribution in [2.24, 2.45) is 0 Å². The molecular weight excluding hydrogens is 360 g/mol. The van der Waals surface area contributed by atoms with Crippen LogP contribution in [0.3, 0.4) is 0 Å². The summed E-state index contributed by atoms with van der Waals surface area (Å²) in [7, 11) is 0. The molecule has 0 saturated heterocycles. The maximum Gasteiger partial charge on any atom is 0.230 e. The van der Waals surface area contributed by atoms with Crippen LogP contribution < -0.4 is 5.32 Å². The molecule has 3 heterocycles. The van der Waals surface area contributed by atoms with E-state index in [4.69, 9.17) is 4.42 Å². The highest BCUT2D eigenvalue weighted by Crippen LogP contribution is 2.28. The Bertz CT molecular complexity index is 1070. The summed E-state index contributed by atoms with van der Waals surface area (Å²) in [6.07, 6.45) is 3.26. The number of carbonyl (C=O) groups is 1. The van der Waals surface area contributed by atoms with Crippen molar-refractivity contribution in [1.82, 2.24) is 19.9 Å². The van der Waals surface area contributed by atoms with Gasteiger partial charge < -0.3 is 9.73 Å². The smallest absolute Gasteiger partial charge is 0.230 e. The van der Waals surface area contributed by atoms with E-state index in [0.29, 0.717) is 12.3 Å². The molecule has 27 heavy (non-hydrogen) atoms. The maximum atomic E-state index is 12.2. The van der Waals surface area contributed by atoms with Gasteiger partial charge in [0.1, 0.15) is 10.9 Å². The highest BCUT2D eigenvalue weighted by atomic mass is 32.2. The van der Waals surface area contributed by atoms with Crippen LogP contribution in [0.25, 0.3) is 16.6 Å². The van der Waals surface area contributed by atoms with Gasteiger partial charge in [-0.1, -0.05) is 49.0 Å². The SMILES string of the molecule is CCc1nnc(SCC(=O)NCCc2ccccc2)c2cc3occc3n12. The second-order valence-electron chi connectivity index (χ2n) is 6.18. The van der Waals surface area contributed by atoms with E-state index in [1.54, 1.807) is 6.26 Å². The van der Waals surface area contributed by atoms with E-state index in [1.165, 1.54) is 17.3 Å². The second-order valence-corrected chi connectivity index (χ2v) is 7.15. The van der Waals surface area contributed by atoms with Crippen LogP contribution >= 0.6 is 11.8 Å². The molecule has 6 nitrogen and oxygen atoms in total. The zero-order chi connectivity index (χ0) is 18.6. The molecule has 0 aliphatic rings. The van der Waals surface area contributed by atoms with Crippen molar-refractivity contribution in [2.45, 2.75) is 24.8 Å². The van der Waals surface area contributed by atoms with E-state index in [1.807, 2.05) is 37.3 Å². The van der Waals surface area contributed by atoms with Crippen LogP contribution in [0, 0.1) is 0 Å². The highest BCUT2D eigenvalue weighted by molar-refractivity contribution is 8.00. The number of rotatable bonds is 7. The minimum Gasteiger partial charge on any atom is -0.463 e. The molecule has 0 atom stereocenters. The van der Waals surface area contributed by atoms with Gasteiger partial charge in [0.05, 0.1) is 23.0 Å². The molecule has 3 aromatic heterocycles. The van der Waals surface area contributed by atoms with Gasteiger partial charge in [-0.25, -0.2) is 0 Å². The van der Waals surface area contributed by atoms with E-state index in [9.17, 15) is 4.79 Å². The van der Waals surface area contributed by atoms with Crippen molar-refractivity contribution in [2.75, 3.05) is 12.3 Å². The van der Waals surface area contributed by atoms with Crippen LogP contribution in [0.4, 0.5) is 0 Å². The number of aryl methyl sites for hydroxylation is 1. The molecule has 0 aliphatic carbocycles. The third kappa shape index (κ3) is 3.68. The summed E-state index contributed by atoms with van der Waals surface area (Å²) in [4.78, 5) is 12.2. The third-order valence-electron chi connectivity index (χ3n) is 4.39. The highest BCUT2D eigenvalue weighted by Gasteiger charge is 2.15. The first kappa shape index (κ1) is 17.6. The average Bonchev–Trinajstić information content (AvgIpc) is 3.28. The Balaban J connectivity index is 1.42. The Morgan fingerprint density at radius 3 is 2.85 bits per heavy atom. The largest absolute Gasteiger partial charge is 0.463 e. The van der Waals surface area contributed by atoms with Gasteiger partial charge in [-0.3, -0.25) is 9.20 Å². The molecule has 1 aromatic carbocycles. The third-order valence-corrected chi connectivity index (χ3v) is 5.36. The number of nitrogens with one attached hydrogen (secondary N) is 1. The van der Waals surface area contributed by atoms with Crippen molar-refractivity contribution in [3.8, 4) is 0 Å². The lowest BCUT2D eigenvalue weighted by Gasteiger charge is -2.08. The van der Waals surface area contributed by atoms with Crippen LogP contribution in [-0.2, 0) is 17.6 Å². The van der Waals surface area contributed by atoms with Gasteiger partial charge in [-0.05, 0) is 12.0 Å². The number of amides is 1. The summed E-state index contributed by atoms with van der Waals surface area (Å²) in [5, 5.41) is 12.3. The first-order valence-electron chi connectivity index (χ1n) is 8.94. The number of carbonyl (C=O) groups excluding carboxylic acids is 1. The maximum absolute atomic E-state index is 12.2. The van der Waals surface area contributed by atoms with Crippen LogP contribution in [0.15, 0.2) is 58.2 Å². The molecule has 4 rings (SSSR count). The molecule has 4 aromatic rings. The first-order chi connectivity index (χ1) is 13.3. The van der Waals surface area contributed by atoms with Gasteiger partial charge in [0.2, 0.25) is 5.91 Å². The Morgan fingerprint density at radius 1 is 1.19 bits per heavy atom. The monoisotopic (exact) mass is 380 g/mol. The van der Waals surface area contributed by atoms with Crippen LogP contribution in [0.1, 0.15) is 18.3 Å². The number of furan rings is 1. The lowest BCUT2D eigenvalue weighted by Crippen LogP contribution is -2.27. The normalized spacial score (nSPS) is 11.3. The van der Waals surface area contributed by atoms with E-state index in [0.717, 1.165) is 40.3 Å². The molecule has 1 N–H and O–H groups in total. The van der Waals surface area contributed by atoms with E-state index in [2.05, 4.69) is 32.0 Å². The fraction of sp³-hybridized carbons (Fsp3) is 0.250. The van der Waals surface area contributed by atoms with Crippen molar-refractivity contribution in [1.29, 1.82) is 0 Å². The van der Waals surface area contributed by atoms with Gasteiger partial charge in [0, 0.05) is 25.1 Å². The van der Waals surface area contributed by atoms with Gasteiger partial charge in [0.15, 0.2) is 5.58 Å². The molecular formula is C20H20N4O2S. The predicted molar refractivity (Wildman–Crippen MR) is 106 cm³/mol. The van der Waals surface area contributed by atoms with Gasteiger partial charge in [-0.15, -0.1) is 10.2 Å². The summed E-state index contributed by atoms with van der Waals surface area (Å²) in [6, 6.07) is 14.0. The molecule has 0 aliphatic heterocycles. The number of aromatic nitrogens is 3. The number of hydrogen-bond donors (Lipinski definition) is 1. The molecule has 7 heteroatoms. The van der Waals surface area contributed by atoms with Crippen molar-refractivity contribution in [3.63, 3.8) is 0 Å². The number of benzene rings is 1. The summed E-state index contributed by atoms with van der Waals surface area (Å²) in [5.41, 5.74) is 3.92. The zero-order valence-electron chi connectivity index (χ0n) is 15.0. The van der Waals surface area contributed by atoms with E-state index in [-0.39, 0.29) is 5.91 Å². The van der Waals surface area contributed by atoms with E-state index < -0.39 is 0 Å². The Hall–Kier alpha value is -2.80. The van der Waals surface area contributed by atoms with Crippen LogP contribution in [-0.4, -0.2) is 32.8 Å². The molecule has 1 amide bonds. The first-order valence-corrected chi connectivity index (χ1v) is 9.92. The minimum absolute atomic E-state index is 0.00862. The van der Waals surface area contributed by atoms with Crippen LogP contribution in [0.5, 0.6) is 0 Å². The Morgan fingerprint density at radius 2 is 2.04 bits per heavy atom. The number of fused-ring (bicyclic) bond motifs is 3. The number of thioether (sulfide) groups is 1. The fourth-order valence-electron chi connectivity index (χ4n) is 3.07. The average molecular weight is 380 g/mol. The summed E-state index contributed by atoms with van der Waals surface area (Å²) in [5.74, 6) is 1.17. The molecule has 0 fully saturated rings. The quantitative estimate of drug-likeness (QED) is 0.497. The van der Waals surface area contributed by atoms with E-state index >= 15 is 0 Å². The Kier molecular flexibility index (Phi) is 5.11. The molecule has 0 bridgehead atoms. The van der Waals surface area contributed by atoms with Crippen molar-refractivity contribution >= 4 is 34.3 Å². The predicted octanol–water partition coefficient (Wildman–Crippen LogP) is 3.49. The molecule has 0 spiro atoms. The lowest BCUT2D eigenvalue weighted by molar-refractivity contribution is -0.118. The standard InChI is InChI=1S/C20H20N4O2S/c1-2-18-22-23-20(16-12-17-15(24(16)18)9-11-26-17)27-13-19(25)21-10-8-14-6-4-3-5-7-14/h3-7,9,11-12H,2,8,10,13H2,1H3,(H,21,25). The molecule has 0 saturated carbocycles. The molecule has 0 radical (unpaired) electrons. The topological polar surface area (TPSA) is 72.4 Å². The van der Waals surface area contributed by atoms with Crippen molar-refractivity contribution in [3.05, 3.63) is 60.1 Å². The van der Waals surface area contributed by atoms with Crippen LogP contribution in [0.2, 0.25) is 0 Å². The van der Waals surface area contributed by atoms with Gasteiger partial charge in [-0.2, -0.15) is 0 Å². The van der Waals surface area contributed by atoms with Crippen molar-refractivity contribution < 1.29 is 9.21 Å². The summed E-state index contributed by atoms with van der Waals surface area (Å²) >= 11 is 1.39. The minimum atomic E-state index is -0.00862. The van der Waals surface area contributed by atoms with Gasteiger partial charge >= 0.3 is 0 Å². The number of nitrogens with zero attached hydrogens (tertiary/aromatic N) is 3. The summed E-state index contributed by atoms with van der Waals surface area (Å²) < 4.78 is 7.57. The molecule has 138 valence electrons. The Labute approximate surface area is 161 Å². The zero-order valence-corrected chi connectivity index (χ0v) is 15.8. The second kappa shape index (κ2) is 7.84. The fourth-order valence-corrected chi connectivity index (χ4v) is 3.83. The lowest BCUT2D eigenvalue weighted by atomic mass is 10.1. The molecule has 0 unspecified atom stereocenters. The summed E-state index contributed by atoms with van der Waals surface area (Å²) in [6.45, 7) is 2.67. The van der Waals surface area contributed by atoms with Gasteiger partial charge in [0.25, 0.3) is 0 Å².